The van der Waals surface area contributed by atoms with Gasteiger partial charge in [0.15, 0.2) is 0 Å². The van der Waals surface area contributed by atoms with E-state index in [4.69, 9.17) is 4.74 Å². The van der Waals surface area contributed by atoms with Crippen LogP contribution < -0.4 is 10.1 Å². The first-order chi connectivity index (χ1) is 10.8. The van der Waals surface area contributed by atoms with Crippen LogP contribution in [-0.2, 0) is 0 Å². The van der Waals surface area contributed by atoms with Crippen LogP contribution in [0.25, 0.3) is 0 Å². The topological polar surface area (TPSA) is 63.6 Å². The Hall–Kier alpha value is -1.95. The molecule has 116 valence electrons. The van der Waals surface area contributed by atoms with Crippen molar-refractivity contribution >= 4 is 27.4 Å². The molecule has 1 heterocycles. The Morgan fingerprint density at radius 1 is 1.18 bits per heavy atom. The lowest BCUT2D eigenvalue weighted by Crippen LogP contribution is -2.04. The van der Waals surface area contributed by atoms with Crippen LogP contribution in [0.5, 0.6) is 5.75 Å². The third-order valence-corrected chi connectivity index (χ3v) is 3.56. The van der Waals surface area contributed by atoms with E-state index < -0.39 is 0 Å². The van der Waals surface area contributed by atoms with Gasteiger partial charge in [-0.1, -0.05) is 28.1 Å². The molecule has 0 amide bonds. The van der Waals surface area contributed by atoms with Crippen molar-refractivity contribution in [3.05, 3.63) is 52.0 Å². The second-order valence-electron chi connectivity index (χ2n) is 4.75. The van der Waals surface area contributed by atoms with Crippen LogP contribution in [0.4, 0.5) is 11.5 Å². The number of anilines is 1. The predicted octanol–water partition coefficient (Wildman–Crippen LogP) is 4.90. The highest BCUT2D eigenvalue weighted by Crippen LogP contribution is 2.26. The lowest BCUT2D eigenvalue weighted by atomic mass is 10.2. The monoisotopic (exact) mass is 363 g/mol. The van der Waals surface area contributed by atoms with Gasteiger partial charge in [0.25, 0.3) is 0 Å². The molecule has 5 nitrogen and oxygen atoms in total. The molecule has 2 rings (SSSR count). The van der Waals surface area contributed by atoms with Crippen molar-refractivity contribution in [2.45, 2.75) is 19.3 Å². The molecule has 0 aliphatic rings. The molecule has 1 N–H and O–H groups in total. The van der Waals surface area contributed by atoms with Crippen molar-refractivity contribution in [3.63, 3.8) is 0 Å². The summed E-state index contributed by atoms with van der Waals surface area (Å²) >= 11 is 3.41. The number of unbranched alkanes of at least 4 members (excludes halogenated alkanes) is 2. The minimum absolute atomic E-state index is 0.352. The zero-order valence-corrected chi connectivity index (χ0v) is 13.8. The highest BCUT2D eigenvalue weighted by molar-refractivity contribution is 9.10. The van der Waals surface area contributed by atoms with Gasteiger partial charge in [0.1, 0.15) is 17.3 Å². The van der Waals surface area contributed by atoms with Crippen LogP contribution in [0.15, 0.2) is 52.2 Å². The number of pyridine rings is 1. The van der Waals surface area contributed by atoms with Crippen molar-refractivity contribution in [2.24, 2.45) is 5.18 Å². The number of nitrogens with zero attached hydrogens (tertiary/aromatic N) is 2. The Kier molecular flexibility index (Phi) is 6.83. The summed E-state index contributed by atoms with van der Waals surface area (Å²) in [6, 6.07) is 10.9. The Morgan fingerprint density at radius 2 is 2.05 bits per heavy atom. The number of hydrogen-bond donors (Lipinski definition) is 1. The van der Waals surface area contributed by atoms with Crippen LogP contribution in [0.3, 0.4) is 0 Å². The molecule has 0 bridgehead atoms. The van der Waals surface area contributed by atoms with E-state index in [1.54, 1.807) is 24.4 Å². The van der Waals surface area contributed by atoms with Crippen molar-refractivity contribution < 1.29 is 4.74 Å². The summed E-state index contributed by atoms with van der Waals surface area (Å²) in [5.74, 6) is 1.42. The first-order valence-electron chi connectivity index (χ1n) is 7.20. The average molecular weight is 364 g/mol. The van der Waals surface area contributed by atoms with Crippen molar-refractivity contribution in [3.8, 4) is 5.75 Å². The highest BCUT2D eigenvalue weighted by atomic mass is 79.9. The van der Waals surface area contributed by atoms with E-state index >= 15 is 0 Å². The summed E-state index contributed by atoms with van der Waals surface area (Å²) in [6.45, 7) is 1.46. The SMILES string of the molecule is O=Nc1ccccc1OCCCCCNc1cc(Br)ccn1. The predicted molar refractivity (Wildman–Crippen MR) is 91.7 cm³/mol. The zero-order valence-electron chi connectivity index (χ0n) is 12.2. The van der Waals surface area contributed by atoms with Gasteiger partial charge >= 0.3 is 0 Å². The lowest BCUT2D eigenvalue weighted by Gasteiger charge is -2.08. The van der Waals surface area contributed by atoms with Gasteiger partial charge in [0.05, 0.1) is 6.61 Å². The van der Waals surface area contributed by atoms with Gasteiger partial charge in [-0.05, 0) is 48.7 Å². The molecule has 0 atom stereocenters. The van der Waals surface area contributed by atoms with Gasteiger partial charge < -0.3 is 10.1 Å². The summed E-state index contributed by atoms with van der Waals surface area (Å²) in [5.41, 5.74) is 0.352. The Morgan fingerprint density at radius 3 is 2.86 bits per heavy atom. The van der Waals surface area contributed by atoms with E-state index in [1.165, 1.54) is 0 Å². The number of benzene rings is 1. The summed E-state index contributed by atoms with van der Waals surface area (Å²) in [4.78, 5) is 14.8. The molecule has 6 heteroatoms. The van der Waals surface area contributed by atoms with Gasteiger partial charge in [-0.25, -0.2) is 4.98 Å². The molecule has 0 fully saturated rings. The van der Waals surface area contributed by atoms with E-state index in [9.17, 15) is 4.91 Å². The Labute approximate surface area is 138 Å². The third kappa shape index (κ3) is 5.44. The minimum atomic E-state index is 0.352. The largest absolute Gasteiger partial charge is 0.491 e. The number of nitrogens with one attached hydrogen (secondary N) is 1. The maximum atomic E-state index is 10.6. The number of hydrogen-bond acceptors (Lipinski definition) is 5. The maximum Gasteiger partial charge on any atom is 0.149 e. The maximum absolute atomic E-state index is 10.6. The van der Waals surface area contributed by atoms with Gasteiger partial charge in [-0.2, -0.15) is 0 Å². The highest BCUT2D eigenvalue weighted by Gasteiger charge is 2.02. The fourth-order valence-electron chi connectivity index (χ4n) is 1.96. The molecule has 0 unspecified atom stereocenters. The van der Waals surface area contributed by atoms with E-state index in [0.29, 0.717) is 18.0 Å². The van der Waals surface area contributed by atoms with Crippen molar-refractivity contribution in [1.29, 1.82) is 0 Å². The van der Waals surface area contributed by atoms with Crippen molar-refractivity contribution in [2.75, 3.05) is 18.5 Å². The number of aromatic nitrogens is 1. The smallest absolute Gasteiger partial charge is 0.149 e. The first-order valence-corrected chi connectivity index (χ1v) is 7.99. The molecule has 0 radical (unpaired) electrons. The molecule has 1 aromatic heterocycles. The molecule has 22 heavy (non-hydrogen) atoms. The van der Waals surface area contributed by atoms with Crippen LogP contribution in [0.2, 0.25) is 0 Å². The average Bonchev–Trinajstić information content (AvgIpc) is 2.54. The minimum Gasteiger partial charge on any atom is -0.491 e. The normalized spacial score (nSPS) is 10.2. The van der Waals surface area contributed by atoms with Crippen LogP contribution in [0, 0.1) is 4.91 Å². The summed E-state index contributed by atoms with van der Waals surface area (Å²) < 4.78 is 6.59. The summed E-state index contributed by atoms with van der Waals surface area (Å²) in [6.07, 6.45) is 4.77. The van der Waals surface area contributed by atoms with Gasteiger partial charge in [0.2, 0.25) is 0 Å². The number of rotatable bonds is 9. The fraction of sp³-hybridized carbons (Fsp3) is 0.312. The van der Waals surface area contributed by atoms with E-state index in [2.05, 4.69) is 31.4 Å². The van der Waals surface area contributed by atoms with Crippen LogP contribution in [-0.4, -0.2) is 18.1 Å². The molecular weight excluding hydrogens is 346 g/mol. The van der Waals surface area contributed by atoms with Crippen LogP contribution in [0.1, 0.15) is 19.3 Å². The first kappa shape index (κ1) is 16.4. The molecule has 0 saturated carbocycles. The molecule has 0 aliphatic heterocycles. The van der Waals surface area contributed by atoms with Crippen molar-refractivity contribution in [1.82, 2.24) is 4.98 Å². The number of para-hydroxylation sites is 1. The molecular formula is C16H18BrN3O2. The van der Waals surface area contributed by atoms with Gasteiger partial charge in [0, 0.05) is 17.2 Å². The standard InChI is InChI=1S/C16H18BrN3O2/c17-13-8-10-19-16(12-13)18-9-4-1-5-11-22-15-7-3-2-6-14(15)20-21/h2-3,6-8,10,12H,1,4-5,9,11H2,(H,18,19). The second kappa shape index (κ2) is 9.15. The quantitative estimate of drug-likeness (QED) is 0.508. The fourth-order valence-corrected chi connectivity index (χ4v) is 2.29. The third-order valence-electron chi connectivity index (χ3n) is 3.07. The van der Waals surface area contributed by atoms with E-state index in [-0.39, 0.29) is 0 Å². The summed E-state index contributed by atoms with van der Waals surface area (Å²) in [5, 5.41) is 6.22. The van der Waals surface area contributed by atoms with Gasteiger partial charge in [-0.3, -0.25) is 0 Å². The Bertz CT molecular complexity index is 607. The zero-order chi connectivity index (χ0) is 15.6. The molecule has 2 aromatic rings. The molecule has 0 saturated heterocycles. The van der Waals surface area contributed by atoms with E-state index in [1.807, 2.05) is 18.2 Å². The molecule has 0 aliphatic carbocycles. The summed E-state index contributed by atoms with van der Waals surface area (Å²) in [7, 11) is 0. The van der Waals surface area contributed by atoms with Crippen LogP contribution >= 0.6 is 15.9 Å². The number of nitroso groups, excluding NO2 is 1. The van der Waals surface area contributed by atoms with E-state index in [0.717, 1.165) is 36.1 Å². The second-order valence-corrected chi connectivity index (χ2v) is 5.67. The molecule has 1 aromatic carbocycles. The molecule has 0 spiro atoms. The van der Waals surface area contributed by atoms with Gasteiger partial charge in [-0.15, -0.1) is 4.91 Å². The lowest BCUT2D eigenvalue weighted by molar-refractivity contribution is 0.307. The number of halogens is 1. The number of ether oxygens (including phenoxy) is 1. The Balaban J connectivity index is 1.59.